The fourth-order valence-corrected chi connectivity index (χ4v) is 4.00. The Morgan fingerprint density at radius 3 is 2.10 bits per heavy atom. The molecule has 1 rings (SSSR count). The zero-order valence-corrected chi connectivity index (χ0v) is 23.4. The quantitative estimate of drug-likeness (QED) is 0.147. The summed E-state index contributed by atoms with van der Waals surface area (Å²) in [6.45, 7) is 7.44. The molecule has 0 aliphatic carbocycles. The third-order valence-electron chi connectivity index (χ3n) is 5.85. The maximum absolute atomic E-state index is 13.8. The predicted molar refractivity (Wildman–Crippen MR) is 135 cm³/mol. The van der Waals surface area contributed by atoms with Gasteiger partial charge < -0.3 is 30.2 Å². The molecule has 1 saturated heterocycles. The Bertz CT molecular complexity index is 1020. The van der Waals surface area contributed by atoms with Gasteiger partial charge in [0.1, 0.15) is 12.1 Å². The number of likely N-dealkylation sites (tertiary alicyclic amines) is 1. The number of allylic oxidation sites excluding steroid dienone is 1. The highest BCUT2D eigenvalue weighted by atomic mass is 16.6. The SMILES string of the molecule is COC(=O)CCC(=O)N(C(=O)[C@H](C)NC(=O)[C@H](C)N)C(=O)[C@@H]1CCCN1C(=C(OC(C)=O)C(=O)OC)C(C)C. The average Bonchev–Trinajstić information content (AvgIpc) is 3.34. The summed E-state index contributed by atoms with van der Waals surface area (Å²) in [5.41, 5.74) is 5.73. The number of hydrogen-bond donors (Lipinski definition) is 2. The summed E-state index contributed by atoms with van der Waals surface area (Å²) in [5, 5.41) is 2.36. The molecule has 0 radical (unpaired) electrons. The number of nitrogens with zero attached hydrogens (tertiary/aromatic N) is 2. The number of imide groups is 3. The second kappa shape index (κ2) is 15.0. The van der Waals surface area contributed by atoms with Crippen molar-refractivity contribution in [1.82, 2.24) is 15.1 Å². The van der Waals surface area contributed by atoms with Gasteiger partial charge in [-0.15, -0.1) is 0 Å². The smallest absolute Gasteiger partial charge is 0.375 e. The van der Waals surface area contributed by atoms with Crippen molar-refractivity contribution in [2.24, 2.45) is 11.7 Å². The summed E-state index contributed by atoms with van der Waals surface area (Å²) in [6.07, 6.45) is -0.273. The van der Waals surface area contributed by atoms with E-state index >= 15 is 0 Å². The standard InChI is InChI=1S/C25H38N4O10/c1-13(2)20(21(25(36)38-7)39-16(5)30)28-12-8-9-17(28)24(35)29(18(31)10-11-19(32)37-6)23(34)15(4)27-22(33)14(3)26/h13-15,17H,8-12,26H2,1-7H3,(H,27,33)/t14-,15-,17-/m0/s1. The molecule has 0 spiro atoms. The number of nitrogens with one attached hydrogen (secondary N) is 1. The van der Waals surface area contributed by atoms with Crippen molar-refractivity contribution in [2.45, 2.75) is 78.4 Å². The van der Waals surface area contributed by atoms with Gasteiger partial charge in [-0.3, -0.25) is 28.8 Å². The number of amides is 4. The molecular formula is C25H38N4O10. The minimum atomic E-state index is -1.31. The highest BCUT2D eigenvalue weighted by Gasteiger charge is 2.43. The molecule has 14 heteroatoms. The van der Waals surface area contributed by atoms with Gasteiger partial charge in [-0.1, -0.05) is 13.8 Å². The van der Waals surface area contributed by atoms with Gasteiger partial charge in [0.25, 0.3) is 11.8 Å². The number of rotatable bonds is 11. The van der Waals surface area contributed by atoms with Gasteiger partial charge in [-0.25, -0.2) is 9.69 Å². The summed E-state index contributed by atoms with van der Waals surface area (Å²) >= 11 is 0. The Hall–Kier alpha value is -3.81. The predicted octanol–water partition coefficient (Wildman–Crippen LogP) is -0.259. The van der Waals surface area contributed by atoms with E-state index in [1.807, 2.05) is 0 Å². The largest absolute Gasteiger partial charge is 0.469 e. The molecule has 218 valence electrons. The molecule has 0 saturated carbocycles. The molecule has 0 aromatic carbocycles. The van der Waals surface area contributed by atoms with Crippen LogP contribution in [0.25, 0.3) is 0 Å². The molecule has 0 unspecified atom stereocenters. The van der Waals surface area contributed by atoms with E-state index in [9.17, 15) is 33.6 Å². The molecule has 3 atom stereocenters. The Morgan fingerprint density at radius 1 is 1.00 bits per heavy atom. The molecule has 39 heavy (non-hydrogen) atoms. The molecule has 14 nitrogen and oxygen atoms in total. The monoisotopic (exact) mass is 554 g/mol. The van der Waals surface area contributed by atoms with Crippen LogP contribution >= 0.6 is 0 Å². The number of hydrogen-bond acceptors (Lipinski definition) is 12. The molecule has 3 N–H and O–H groups in total. The second-order valence-corrected chi connectivity index (χ2v) is 9.31. The number of carbonyl (C=O) groups is 7. The van der Waals surface area contributed by atoms with Gasteiger partial charge in [0.15, 0.2) is 0 Å². The van der Waals surface area contributed by atoms with Crippen LogP contribution in [0.2, 0.25) is 0 Å². The van der Waals surface area contributed by atoms with E-state index < -0.39 is 84.2 Å². The summed E-state index contributed by atoms with van der Waals surface area (Å²) in [5.74, 6) is -6.93. The Balaban J connectivity index is 3.55. The summed E-state index contributed by atoms with van der Waals surface area (Å²) in [4.78, 5) is 90.2. The van der Waals surface area contributed by atoms with Gasteiger partial charge in [0.05, 0.1) is 32.4 Å². The first kappa shape index (κ1) is 33.2. The summed E-state index contributed by atoms with van der Waals surface area (Å²) in [7, 11) is 2.24. The lowest BCUT2D eigenvalue weighted by molar-refractivity contribution is -0.159. The Kier molecular flexibility index (Phi) is 12.7. The Labute approximate surface area is 227 Å². The van der Waals surface area contributed by atoms with Gasteiger partial charge in [0, 0.05) is 19.9 Å². The molecule has 1 fully saturated rings. The van der Waals surface area contributed by atoms with Crippen molar-refractivity contribution < 1.29 is 47.8 Å². The van der Waals surface area contributed by atoms with Crippen molar-refractivity contribution in [3.8, 4) is 0 Å². The maximum atomic E-state index is 13.8. The topological polar surface area (TPSA) is 192 Å². The van der Waals surface area contributed by atoms with Crippen LogP contribution < -0.4 is 11.1 Å². The van der Waals surface area contributed by atoms with Crippen molar-refractivity contribution in [3.05, 3.63) is 11.5 Å². The van der Waals surface area contributed by atoms with Crippen LogP contribution in [-0.2, 0) is 47.8 Å². The lowest BCUT2D eigenvalue weighted by Crippen LogP contribution is -2.57. The number of carbonyl (C=O) groups excluding carboxylic acids is 7. The van der Waals surface area contributed by atoms with Crippen LogP contribution in [0.1, 0.15) is 60.3 Å². The third-order valence-corrected chi connectivity index (χ3v) is 5.85. The van der Waals surface area contributed by atoms with E-state index in [2.05, 4.69) is 10.1 Å². The zero-order chi connectivity index (χ0) is 30.0. The van der Waals surface area contributed by atoms with E-state index in [-0.39, 0.29) is 18.7 Å². The van der Waals surface area contributed by atoms with Gasteiger partial charge in [0.2, 0.25) is 17.6 Å². The Morgan fingerprint density at radius 2 is 1.62 bits per heavy atom. The number of methoxy groups -OCH3 is 2. The molecule has 0 aromatic heterocycles. The van der Waals surface area contributed by atoms with E-state index in [1.54, 1.807) is 13.8 Å². The first-order chi connectivity index (χ1) is 18.2. The van der Waals surface area contributed by atoms with E-state index in [1.165, 1.54) is 18.7 Å². The first-order valence-corrected chi connectivity index (χ1v) is 12.5. The van der Waals surface area contributed by atoms with E-state index in [0.29, 0.717) is 11.3 Å². The van der Waals surface area contributed by atoms with Gasteiger partial charge >= 0.3 is 17.9 Å². The fraction of sp³-hybridized carbons (Fsp3) is 0.640. The summed E-state index contributed by atoms with van der Waals surface area (Å²) in [6, 6.07) is -3.38. The third kappa shape index (κ3) is 8.87. The maximum Gasteiger partial charge on any atom is 0.375 e. The van der Waals surface area contributed by atoms with Crippen molar-refractivity contribution >= 4 is 41.5 Å². The van der Waals surface area contributed by atoms with Crippen molar-refractivity contribution in [2.75, 3.05) is 20.8 Å². The van der Waals surface area contributed by atoms with E-state index in [0.717, 1.165) is 21.1 Å². The summed E-state index contributed by atoms with van der Waals surface area (Å²) < 4.78 is 14.5. The van der Waals surface area contributed by atoms with E-state index in [4.69, 9.17) is 15.2 Å². The normalized spacial score (nSPS) is 16.9. The van der Waals surface area contributed by atoms with Crippen LogP contribution in [0.4, 0.5) is 0 Å². The van der Waals surface area contributed by atoms with Crippen LogP contribution in [-0.4, -0.2) is 90.2 Å². The number of ether oxygens (including phenoxy) is 3. The molecular weight excluding hydrogens is 516 g/mol. The van der Waals surface area contributed by atoms with Gasteiger partial charge in [-0.05, 0) is 32.6 Å². The molecule has 1 heterocycles. The number of esters is 3. The molecule has 0 aromatic rings. The fourth-order valence-electron chi connectivity index (χ4n) is 4.00. The zero-order valence-electron chi connectivity index (χ0n) is 23.4. The van der Waals surface area contributed by atoms with Crippen LogP contribution in [0.15, 0.2) is 11.5 Å². The molecule has 0 bridgehead atoms. The lowest BCUT2D eigenvalue weighted by Gasteiger charge is -2.34. The molecule has 1 aliphatic rings. The van der Waals surface area contributed by atoms with Crippen molar-refractivity contribution in [1.29, 1.82) is 0 Å². The first-order valence-electron chi connectivity index (χ1n) is 12.5. The van der Waals surface area contributed by atoms with Crippen LogP contribution in [0.3, 0.4) is 0 Å². The molecule has 4 amide bonds. The second-order valence-electron chi connectivity index (χ2n) is 9.31. The highest BCUT2D eigenvalue weighted by molar-refractivity contribution is 6.14. The average molecular weight is 555 g/mol. The molecule has 1 aliphatic heterocycles. The number of nitrogens with two attached hydrogens (primary N) is 1. The van der Waals surface area contributed by atoms with Gasteiger partial charge in [-0.2, -0.15) is 0 Å². The highest BCUT2D eigenvalue weighted by Crippen LogP contribution is 2.31. The minimum absolute atomic E-state index is 0.181. The minimum Gasteiger partial charge on any atom is -0.469 e. The van der Waals surface area contributed by atoms with Crippen LogP contribution in [0, 0.1) is 5.92 Å². The lowest BCUT2D eigenvalue weighted by atomic mass is 10.0. The van der Waals surface area contributed by atoms with Crippen LogP contribution in [0.5, 0.6) is 0 Å². The van der Waals surface area contributed by atoms with Crippen molar-refractivity contribution in [3.63, 3.8) is 0 Å².